The van der Waals surface area contributed by atoms with Gasteiger partial charge in [-0.2, -0.15) is 4.74 Å². The fraction of sp³-hybridized carbons (Fsp3) is 0.0667. The van der Waals surface area contributed by atoms with Crippen molar-refractivity contribution >= 4 is 28.8 Å². The van der Waals surface area contributed by atoms with E-state index in [0.29, 0.717) is 27.8 Å². The van der Waals surface area contributed by atoms with Crippen LogP contribution in [0.5, 0.6) is 0 Å². The molecule has 5 nitrogen and oxygen atoms in total. The van der Waals surface area contributed by atoms with Crippen LogP contribution in [0.15, 0.2) is 53.5 Å². The zero-order valence-electron chi connectivity index (χ0n) is 11.1. The molecule has 6 heteroatoms. The van der Waals surface area contributed by atoms with E-state index in [2.05, 4.69) is 10.4 Å². The van der Waals surface area contributed by atoms with E-state index in [1.165, 1.54) is 0 Å². The lowest BCUT2D eigenvalue weighted by atomic mass is 10.0. The summed E-state index contributed by atoms with van der Waals surface area (Å²) in [5.41, 5.74) is 5.15. The summed E-state index contributed by atoms with van der Waals surface area (Å²) in [5.74, 6) is 5.83. The molecule has 21 heavy (non-hydrogen) atoms. The summed E-state index contributed by atoms with van der Waals surface area (Å²) >= 11 is 6.08. The van der Waals surface area contributed by atoms with Gasteiger partial charge in [0, 0.05) is 10.6 Å². The van der Waals surface area contributed by atoms with Gasteiger partial charge in [0.2, 0.25) is 12.3 Å². The maximum Gasteiger partial charge on any atom is 0.228 e. The number of hydroxylamine groups is 1. The molecule has 2 aromatic rings. The first-order valence-corrected chi connectivity index (χ1v) is 6.78. The Kier molecular flexibility index (Phi) is 3.60. The van der Waals surface area contributed by atoms with Gasteiger partial charge >= 0.3 is 0 Å². The zero-order chi connectivity index (χ0) is 14.8. The maximum absolute atomic E-state index is 12.5. The lowest BCUT2D eigenvalue weighted by molar-refractivity contribution is -0.439. The van der Waals surface area contributed by atoms with Crippen LogP contribution in [0.3, 0.4) is 0 Å². The van der Waals surface area contributed by atoms with E-state index < -0.39 is 0 Å². The van der Waals surface area contributed by atoms with Gasteiger partial charge < -0.3 is 10.6 Å². The number of hydrogen-bond donors (Lipinski definition) is 2. The third-order valence-corrected chi connectivity index (χ3v) is 3.46. The second-order valence-corrected chi connectivity index (χ2v) is 5.05. The summed E-state index contributed by atoms with van der Waals surface area (Å²) < 4.78 is 0.871. The Labute approximate surface area is 126 Å². The van der Waals surface area contributed by atoms with Crippen LogP contribution < -0.4 is 11.3 Å². The fourth-order valence-corrected chi connectivity index (χ4v) is 2.47. The highest BCUT2D eigenvalue weighted by atomic mass is 35.5. The zero-order valence-corrected chi connectivity index (χ0v) is 11.8. The molecule has 1 heterocycles. The Balaban J connectivity index is 2.27. The van der Waals surface area contributed by atoms with Gasteiger partial charge in [0.15, 0.2) is 5.84 Å². The number of halogens is 1. The maximum atomic E-state index is 12.5. The first-order valence-electron chi connectivity index (χ1n) is 6.40. The van der Waals surface area contributed by atoms with Gasteiger partial charge in [0.05, 0.1) is 11.3 Å². The van der Waals surface area contributed by atoms with Crippen LogP contribution in [-0.4, -0.2) is 22.8 Å². The van der Waals surface area contributed by atoms with Crippen molar-refractivity contribution in [2.24, 2.45) is 10.8 Å². The van der Waals surface area contributed by atoms with Crippen molar-refractivity contribution in [1.29, 1.82) is 0 Å². The Morgan fingerprint density at radius 1 is 1.19 bits per heavy atom. The van der Waals surface area contributed by atoms with Crippen molar-refractivity contribution in [3.8, 4) is 0 Å². The Morgan fingerprint density at radius 3 is 2.67 bits per heavy atom. The molecule has 0 saturated carbocycles. The summed E-state index contributed by atoms with van der Waals surface area (Å²) in [6.45, 7) is 0.0486. The van der Waals surface area contributed by atoms with Gasteiger partial charge in [0.1, 0.15) is 0 Å². The second kappa shape index (κ2) is 5.55. The lowest BCUT2D eigenvalue weighted by Crippen LogP contribution is -2.36. The third-order valence-electron chi connectivity index (χ3n) is 3.23. The van der Waals surface area contributed by atoms with Gasteiger partial charge in [-0.15, -0.1) is 0 Å². The van der Waals surface area contributed by atoms with E-state index >= 15 is 0 Å². The van der Waals surface area contributed by atoms with E-state index in [0.717, 1.165) is 10.3 Å². The molecular formula is C15H13ClN4O. The molecule has 2 aromatic carbocycles. The van der Waals surface area contributed by atoms with Crippen molar-refractivity contribution in [2.45, 2.75) is 0 Å². The minimum absolute atomic E-state index is 0.0486. The van der Waals surface area contributed by atoms with Gasteiger partial charge in [-0.1, -0.05) is 29.8 Å². The molecule has 1 aliphatic rings. The molecule has 3 rings (SSSR count). The van der Waals surface area contributed by atoms with Crippen molar-refractivity contribution < 1.29 is 4.74 Å². The number of aliphatic imine (C=N–C) groups is 1. The van der Waals surface area contributed by atoms with E-state index in [-0.39, 0.29) is 6.54 Å². The SMILES string of the molecule is NNC1=Nc2ccc(Cl)cc2C(c2ccccc2)=[N+]([O-])C1. The third kappa shape index (κ3) is 2.61. The van der Waals surface area contributed by atoms with E-state index in [1.54, 1.807) is 18.2 Å². The molecule has 0 aromatic heterocycles. The number of nitrogens with one attached hydrogen (secondary N) is 1. The van der Waals surface area contributed by atoms with Gasteiger partial charge in [-0.25, -0.2) is 10.8 Å². The molecule has 1 aliphatic heterocycles. The minimum atomic E-state index is 0.0486. The van der Waals surface area contributed by atoms with Gasteiger partial charge in [-0.05, 0) is 30.3 Å². The topological polar surface area (TPSA) is 76.5 Å². The largest absolute Gasteiger partial charge is 0.623 e. The molecule has 0 fully saturated rings. The van der Waals surface area contributed by atoms with Crippen LogP contribution in [0.1, 0.15) is 11.1 Å². The molecule has 0 atom stereocenters. The molecule has 0 spiro atoms. The number of benzene rings is 2. The number of nitrogens with zero attached hydrogens (tertiary/aromatic N) is 2. The van der Waals surface area contributed by atoms with Crippen molar-refractivity contribution in [3.05, 3.63) is 69.9 Å². The first-order chi connectivity index (χ1) is 10.2. The summed E-state index contributed by atoms with van der Waals surface area (Å²) in [7, 11) is 0. The molecule has 106 valence electrons. The molecule has 0 amide bonds. The molecule has 0 unspecified atom stereocenters. The standard InChI is InChI=1S/C15H13ClN4O/c16-11-6-7-13-12(8-11)15(10-4-2-1-3-5-10)20(21)9-14(18-13)19-17/h1-8H,9,17H2,(H,18,19). The highest BCUT2D eigenvalue weighted by Gasteiger charge is 2.24. The van der Waals surface area contributed by atoms with Crippen LogP contribution >= 0.6 is 11.6 Å². The molecular weight excluding hydrogens is 288 g/mol. The Bertz CT molecular complexity index is 741. The quantitative estimate of drug-likeness (QED) is 0.367. The van der Waals surface area contributed by atoms with Crippen molar-refractivity contribution in [1.82, 2.24) is 5.43 Å². The summed E-state index contributed by atoms with van der Waals surface area (Å²) in [6, 6.07) is 14.7. The highest BCUT2D eigenvalue weighted by molar-refractivity contribution is 6.31. The number of rotatable bonds is 1. The molecule has 0 radical (unpaired) electrons. The summed E-state index contributed by atoms with van der Waals surface area (Å²) in [4.78, 5) is 4.38. The minimum Gasteiger partial charge on any atom is -0.623 e. The number of hydrazine groups is 1. The van der Waals surface area contributed by atoms with Crippen LogP contribution in [0, 0.1) is 5.21 Å². The first kappa shape index (κ1) is 13.6. The lowest BCUT2D eigenvalue weighted by Gasteiger charge is -2.10. The van der Waals surface area contributed by atoms with Crippen LogP contribution in [0.2, 0.25) is 5.02 Å². The number of hydrogen-bond acceptors (Lipinski definition) is 4. The average Bonchev–Trinajstić information content (AvgIpc) is 2.63. The Hall–Kier alpha value is -2.37. The monoisotopic (exact) mass is 300 g/mol. The number of nitrogens with two attached hydrogens (primary N) is 1. The van der Waals surface area contributed by atoms with Crippen molar-refractivity contribution in [2.75, 3.05) is 6.54 Å². The van der Waals surface area contributed by atoms with E-state index in [1.807, 2.05) is 30.3 Å². The fourth-order valence-electron chi connectivity index (χ4n) is 2.30. The van der Waals surface area contributed by atoms with Crippen molar-refractivity contribution in [3.63, 3.8) is 0 Å². The predicted octanol–water partition coefficient (Wildman–Crippen LogP) is 2.19. The molecule has 0 bridgehead atoms. The average molecular weight is 301 g/mol. The Morgan fingerprint density at radius 2 is 1.95 bits per heavy atom. The summed E-state index contributed by atoms with van der Waals surface area (Å²) in [6.07, 6.45) is 0. The normalized spacial score (nSPS) is 14.3. The molecule has 0 saturated heterocycles. The van der Waals surface area contributed by atoms with E-state index in [4.69, 9.17) is 17.4 Å². The molecule has 3 N–H and O–H groups in total. The van der Waals surface area contributed by atoms with E-state index in [9.17, 15) is 5.21 Å². The highest BCUT2D eigenvalue weighted by Crippen LogP contribution is 2.27. The van der Waals surface area contributed by atoms with Crippen LogP contribution in [-0.2, 0) is 0 Å². The number of amidine groups is 1. The van der Waals surface area contributed by atoms with Gasteiger partial charge in [0.25, 0.3) is 0 Å². The van der Waals surface area contributed by atoms with Crippen LogP contribution in [0.25, 0.3) is 0 Å². The second-order valence-electron chi connectivity index (χ2n) is 4.62. The summed E-state index contributed by atoms with van der Waals surface area (Å²) in [5, 5.41) is 13.1. The van der Waals surface area contributed by atoms with Gasteiger partial charge in [-0.3, -0.25) is 0 Å². The van der Waals surface area contributed by atoms with Crippen LogP contribution in [0.4, 0.5) is 5.69 Å². The molecule has 0 aliphatic carbocycles. The smallest absolute Gasteiger partial charge is 0.228 e. The number of fused-ring (bicyclic) bond motifs is 1. The predicted molar refractivity (Wildman–Crippen MR) is 84.0 cm³/mol.